The average Bonchev–Trinajstić information content (AvgIpc) is 2.47. The van der Waals surface area contributed by atoms with E-state index in [1.54, 1.807) is 19.2 Å². The Morgan fingerprint density at radius 1 is 1.48 bits per heavy atom. The van der Waals surface area contributed by atoms with E-state index in [9.17, 15) is 9.59 Å². The topological polar surface area (TPSA) is 73.2 Å². The van der Waals surface area contributed by atoms with E-state index in [2.05, 4.69) is 26.2 Å². The number of carbonyl (C=O) groups is 1. The van der Waals surface area contributed by atoms with Crippen LogP contribution in [0.4, 0.5) is 0 Å². The lowest BCUT2D eigenvalue weighted by molar-refractivity contribution is -0.121. The van der Waals surface area contributed by atoms with Gasteiger partial charge in [-0.15, -0.1) is 0 Å². The summed E-state index contributed by atoms with van der Waals surface area (Å²) in [5.41, 5.74) is 0.383. The van der Waals surface area contributed by atoms with Crippen molar-refractivity contribution in [2.75, 3.05) is 20.3 Å². The Morgan fingerprint density at radius 3 is 3.05 bits per heavy atom. The Labute approximate surface area is 130 Å². The van der Waals surface area contributed by atoms with Crippen LogP contribution < -0.4 is 10.9 Å². The third kappa shape index (κ3) is 4.12. The highest BCUT2D eigenvalue weighted by Gasteiger charge is 2.08. The monoisotopic (exact) mass is 353 g/mol. The molecule has 112 valence electrons. The van der Waals surface area contributed by atoms with Crippen molar-refractivity contribution in [2.24, 2.45) is 0 Å². The fraction of sp³-hybridized carbons (Fsp3) is 0.357. The summed E-state index contributed by atoms with van der Waals surface area (Å²) < 4.78 is 7.01. The van der Waals surface area contributed by atoms with E-state index in [0.717, 1.165) is 10.9 Å². The molecule has 0 unspecified atom stereocenters. The van der Waals surface area contributed by atoms with Crippen molar-refractivity contribution in [1.29, 1.82) is 0 Å². The van der Waals surface area contributed by atoms with Crippen molar-refractivity contribution in [2.45, 2.75) is 13.0 Å². The summed E-state index contributed by atoms with van der Waals surface area (Å²) in [4.78, 5) is 28.3. The van der Waals surface area contributed by atoms with Crippen LogP contribution in [0.3, 0.4) is 0 Å². The van der Waals surface area contributed by atoms with Crippen LogP contribution in [0.5, 0.6) is 0 Å². The number of rotatable bonds is 6. The first-order valence-electron chi connectivity index (χ1n) is 6.52. The van der Waals surface area contributed by atoms with Crippen molar-refractivity contribution in [3.63, 3.8) is 0 Å². The van der Waals surface area contributed by atoms with Crippen LogP contribution in [-0.2, 0) is 16.1 Å². The fourth-order valence-electron chi connectivity index (χ4n) is 1.90. The SMILES string of the molecule is COCCCNC(=O)Cn1cnc2ccc(Br)cc2c1=O. The molecule has 0 bridgehead atoms. The van der Waals surface area contributed by atoms with Crippen molar-refractivity contribution in [3.05, 3.63) is 39.4 Å². The van der Waals surface area contributed by atoms with Crippen molar-refractivity contribution < 1.29 is 9.53 Å². The highest BCUT2D eigenvalue weighted by molar-refractivity contribution is 9.10. The molecule has 1 aromatic carbocycles. The summed E-state index contributed by atoms with van der Waals surface area (Å²) in [6, 6.07) is 5.29. The number of nitrogens with zero attached hydrogens (tertiary/aromatic N) is 2. The molecule has 2 rings (SSSR count). The summed E-state index contributed by atoms with van der Waals surface area (Å²) in [7, 11) is 1.61. The second-order valence-electron chi connectivity index (χ2n) is 4.54. The number of nitrogens with one attached hydrogen (secondary N) is 1. The summed E-state index contributed by atoms with van der Waals surface area (Å²) in [5.74, 6) is -0.218. The summed E-state index contributed by atoms with van der Waals surface area (Å²) in [6.45, 7) is 1.07. The van der Waals surface area contributed by atoms with E-state index in [1.165, 1.54) is 10.9 Å². The molecule has 1 N–H and O–H groups in total. The smallest absolute Gasteiger partial charge is 0.261 e. The largest absolute Gasteiger partial charge is 0.385 e. The average molecular weight is 354 g/mol. The minimum Gasteiger partial charge on any atom is -0.385 e. The Hall–Kier alpha value is -1.73. The summed E-state index contributed by atoms with van der Waals surface area (Å²) in [5, 5.41) is 3.22. The summed E-state index contributed by atoms with van der Waals surface area (Å²) >= 11 is 3.32. The normalized spacial score (nSPS) is 10.8. The maximum Gasteiger partial charge on any atom is 0.261 e. The van der Waals surface area contributed by atoms with Gasteiger partial charge in [0.2, 0.25) is 5.91 Å². The predicted molar refractivity (Wildman–Crippen MR) is 83.2 cm³/mol. The lowest BCUT2D eigenvalue weighted by atomic mass is 10.2. The standard InChI is InChI=1S/C14H16BrN3O3/c1-21-6-2-5-16-13(19)8-18-9-17-12-4-3-10(15)7-11(12)14(18)20/h3-4,7,9H,2,5-6,8H2,1H3,(H,16,19). The van der Waals surface area contributed by atoms with Gasteiger partial charge < -0.3 is 10.1 Å². The molecule has 0 atom stereocenters. The van der Waals surface area contributed by atoms with Gasteiger partial charge in [-0.2, -0.15) is 0 Å². The van der Waals surface area contributed by atoms with E-state index in [4.69, 9.17) is 4.74 Å². The van der Waals surface area contributed by atoms with E-state index < -0.39 is 0 Å². The Balaban J connectivity index is 2.10. The molecule has 0 aliphatic heterocycles. The number of carbonyl (C=O) groups excluding carboxylic acids is 1. The highest BCUT2D eigenvalue weighted by atomic mass is 79.9. The van der Waals surface area contributed by atoms with E-state index in [0.29, 0.717) is 24.1 Å². The molecule has 0 aliphatic carbocycles. The van der Waals surface area contributed by atoms with Gasteiger partial charge in [0, 0.05) is 24.7 Å². The van der Waals surface area contributed by atoms with Crippen molar-refractivity contribution in [1.82, 2.24) is 14.9 Å². The molecule has 2 aromatic rings. The Bertz CT molecular complexity index is 699. The second-order valence-corrected chi connectivity index (χ2v) is 5.45. The minimum absolute atomic E-state index is 0.0404. The zero-order chi connectivity index (χ0) is 15.2. The first-order chi connectivity index (χ1) is 10.1. The van der Waals surface area contributed by atoms with Crippen LogP contribution >= 0.6 is 15.9 Å². The molecule has 21 heavy (non-hydrogen) atoms. The third-order valence-corrected chi connectivity index (χ3v) is 3.44. The quantitative estimate of drug-likeness (QED) is 0.794. The van der Waals surface area contributed by atoms with Gasteiger partial charge in [0.05, 0.1) is 17.2 Å². The van der Waals surface area contributed by atoms with E-state index in [-0.39, 0.29) is 18.0 Å². The number of hydrogen-bond acceptors (Lipinski definition) is 4. The van der Waals surface area contributed by atoms with Gasteiger partial charge in [-0.25, -0.2) is 4.98 Å². The second kappa shape index (κ2) is 7.33. The molecule has 1 aromatic heterocycles. The molecule has 6 nitrogen and oxygen atoms in total. The first-order valence-corrected chi connectivity index (χ1v) is 7.31. The molecule has 0 aliphatic rings. The maximum atomic E-state index is 12.3. The molecule has 7 heteroatoms. The molecule has 0 fully saturated rings. The van der Waals surface area contributed by atoms with Gasteiger partial charge >= 0.3 is 0 Å². The summed E-state index contributed by atoms with van der Waals surface area (Å²) in [6.07, 6.45) is 2.13. The lowest BCUT2D eigenvalue weighted by Gasteiger charge is -2.08. The highest BCUT2D eigenvalue weighted by Crippen LogP contribution is 2.14. The number of hydrogen-bond donors (Lipinski definition) is 1. The van der Waals surface area contributed by atoms with Gasteiger partial charge in [-0.05, 0) is 24.6 Å². The third-order valence-electron chi connectivity index (χ3n) is 2.95. The maximum absolute atomic E-state index is 12.3. The first kappa shape index (κ1) is 15.7. The zero-order valence-electron chi connectivity index (χ0n) is 11.6. The molecular formula is C14H16BrN3O3. The molecule has 0 spiro atoms. The van der Waals surface area contributed by atoms with Gasteiger partial charge in [0.15, 0.2) is 0 Å². The van der Waals surface area contributed by atoms with Crippen molar-refractivity contribution in [3.8, 4) is 0 Å². The van der Waals surface area contributed by atoms with E-state index >= 15 is 0 Å². The molecule has 0 radical (unpaired) electrons. The Kier molecular flexibility index (Phi) is 5.46. The number of methoxy groups -OCH3 is 1. The number of ether oxygens (including phenoxy) is 1. The van der Waals surface area contributed by atoms with Crippen LogP contribution in [0.2, 0.25) is 0 Å². The van der Waals surface area contributed by atoms with Gasteiger partial charge in [-0.3, -0.25) is 14.2 Å². The number of benzene rings is 1. The molecule has 0 saturated carbocycles. The van der Waals surface area contributed by atoms with Crippen LogP contribution in [0.25, 0.3) is 10.9 Å². The fourth-order valence-corrected chi connectivity index (χ4v) is 2.26. The Morgan fingerprint density at radius 2 is 2.29 bits per heavy atom. The van der Waals surface area contributed by atoms with Crippen LogP contribution in [-0.4, -0.2) is 35.7 Å². The molecule has 0 saturated heterocycles. The van der Waals surface area contributed by atoms with Crippen LogP contribution in [0, 0.1) is 0 Å². The van der Waals surface area contributed by atoms with E-state index in [1.807, 2.05) is 6.07 Å². The van der Waals surface area contributed by atoms with Gasteiger partial charge in [0.25, 0.3) is 5.56 Å². The minimum atomic E-state index is -0.228. The molecule has 1 amide bonds. The number of aromatic nitrogens is 2. The van der Waals surface area contributed by atoms with Gasteiger partial charge in [-0.1, -0.05) is 15.9 Å². The predicted octanol–water partition coefficient (Wildman–Crippen LogP) is 1.31. The van der Waals surface area contributed by atoms with Crippen molar-refractivity contribution >= 4 is 32.7 Å². The number of fused-ring (bicyclic) bond motifs is 1. The molecule has 1 heterocycles. The number of amides is 1. The number of halogens is 1. The zero-order valence-corrected chi connectivity index (χ0v) is 13.2. The van der Waals surface area contributed by atoms with Crippen LogP contribution in [0.15, 0.2) is 33.8 Å². The lowest BCUT2D eigenvalue weighted by Crippen LogP contribution is -2.33. The van der Waals surface area contributed by atoms with Crippen LogP contribution in [0.1, 0.15) is 6.42 Å². The van der Waals surface area contributed by atoms with Gasteiger partial charge in [0.1, 0.15) is 6.54 Å². The molecular weight excluding hydrogens is 338 g/mol.